The van der Waals surface area contributed by atoms with Crippen LogP contribution in [0.25, 0.3) is 5.69 Å². The minimum absolute atomic E-state index is 0.0622. The highest BCUT2D eigenvalue weighted by Gasteiger charge is 2.15. The molecule has 0 bridgehead atoms. The number of nitrogens with zero attached hydrogens (tertiary/aromatic N) is 2. The standard InChI is InChI=1S/C15H18N2O2/c1-2-6-13(7-3-1)17-14(9-10-16-17)12-19-15-8-4-5-11-18-15/h1-3,6-7,9-10,15H,4-5,8,11-12H2. The van der Waals surface area contributed by atoms with E-state index in [2.05, 4.69) is 5.10 Å². The lowest BCUT2D eigenvalue weighted by Crippen LogP contribution is -2.22. The summed E-state index contributed by atoms with van der Waals surface area (Å²) in [6.07, 6.45) is 5.05. The van der Waals surface area contributed by atoms with Crippen molar-refractivity contribution < 1.29 is 9.47 Å². The number of hydrogen-bond donors (Lipinski definition) is 0. The van der Waals surface area contributed by atoms with Crippen molar-refractivity contribution in [1.29, 1.82) is 0 Å². The van der Waals surface area contributed by atoms with Crippen LogP contribution in [0.4, 0.5) is 0 Å². The van der Waals surface area contributed by atoms with E-state index in [-0.39, 0.29) is 6.29 Å². The summed E-state index contributed by atoms with van der Waals surface area (Å²) in [4.78, 5) is 0. The van der Waals surface area contributed by atoms with Crippen molar-refractivity contribution in [3.63, 3.8) is 0 Å². The number of para-hydroxylation sites is 1. The van der Waals surface area contributed by atoms with E-state index in [0.717, 1.165) is 30.8 Å². The number of hydrogen-bond acceptors (Lipinski definition) is 3. The molecule has 1 atom stereocenters. The van der Waals surface area contributed by atoms with Crippen molar-refractivity contribution >= 4 is 0 Å². The van der Waals surface area contributed by atoms with Crippen molar-refractivity contribution in [2.45, 2.75) is 32.2 Å². The molecule has 1 fully saturated rings. The van der Waals surface area contributed by atoms with Crippen LogP contribution in [-0.4, -0.2) is 22.7 Å². The monoisotopic (exact) mass is 258 g/mol. The maximum atomic E-state index is 5.81. The first kappa shape index (κ1) is 12.4. The molecule has 19 heavy (non-hydrogen) atoms. The zero-order valence-corrected chi connectivity index (χ0v) is 10.9. The molecule has 1 aromatic carbocycles. The Kier molecular flexibility index (Phi) is 3.91. The van der Waals surface area contributed by atoms with E-state index in [1.165, 1.54) is 6.42 Å². The summed E-state index contributed by atoms with van der Waals surface area (Å²) < 4.78 is 13.3. The second kappa shape index (κ2) is 5.99. The van der Waals surface area contributed by atoms with E-state index >= 15 is 0 Å². The first-order valence-corrected chi connectivity index (χ1v) is 6.75. The van der Waals surface area contributed by atoms with E-state index in [4.69, 9.17) is 9.47 Å². The largest absolute Gasteiger partial charge is 0.353 e. The van der Waals surface area contributed by atoms with E-state index in [0.29, 0.717) is 6.61 Å². The predicted octanol–water partition coefficient (Wildman–Crippen LogP) is 2.92. The molecule has 1 aliphatic heterocycles. The summed E-state index contributed by atoms with van der Waals surface area (Å²) in [5, 5.41) is 4.35. The molecule has 0 aliphatic carbocycles. The van der Waals surface area contributed by atoms with Crippen molar-refractivity contribution in [3.05, 3.63) is 48.3 Å². The Morgan fingerprint density at radius 3 is 2.89 bits per heavy atom. The number of benzene rings is 1. The Morgan fingerprint density at radius 2 is 2.11 bits per heavy atom. The van der Waals surface area contributed by atoms with E-state index in [1.54, 1.807) is 6.20 Å². The lowest BCUT2D eigenvalue weighted by Gasteiger charge is -2.22. The highest BCUT2D eigenvalue weighted by atomic mass is 16.7. The molecule has 0 spiro atoms. The predicted molar refractivity (Wildman–Crippen MR) is 71.9 cm³/mol. The van der Waals surface area contributed by atoms with Crippen molar-refractivity contribution in [1.82, 2.24) is 9.78 Å². The second-order valence-electron chi connectivity index (χ2n) is 4.68. The molecule has 0 saturated carbocycles. The van der Waals surface area contributed by atoms with Crippen LogP contribution >= 0.6 is 0 Å². The molecule has 2 aromatic rings. The summed E-state index contributed by atoms with van der Waals surface area (Å²) in [5.41, 5.74) is 2.09. The van der Waals surface area contributed by atoms with Crippen LogP contribution in [-0.2, 0) is 16.1 Å². The van der Waals surface area contributed by atoms with Crippen LogP contribution in [0.3, 0.4) is 0 Å². The minimum atomic E-state index is -0.0622. The Morgan fingerprint density at radius 1 is 1.21 bits per heavy atom. The number of aromatic nitrogens is 2. The van der Waals surface area contributed by atoms with Crippen LogP contribution in [0.2, 0.25) is 0 Å². The van der Waals surface area contributed by atoms with Gasteiger partial charge in [-0.1, -0.05) is 18.2 Å². The van der Waals surface area contributed by atoms with E-state index < -0.39 is 0 Å². The third-order valence-electron chi connectivity index (χ3n) is 3.28. The normalized spacial score (nSPS) is 19.5. The van der Waals surface area contributed by atoms with Crippen molar-refractivity contribution in [2.75, 3.05) is 6.61 Å². The first-order chi connectivity index (χ1) is 9.43. The summed E-state index contributed by atoms with van der Waals surface area (Å²) in [6.45, 7) is 1.34. The van der Waals surface area contributed by atoms with Crippen LogP contribution in [0.15, 0.2) is 42.6 Å². The van der Waals surface area contributed by atoms with Crippen LogP contribution < -0.4 is 0 Å². The molecular formula is C15H18N2O2. The van der Waals surface area contributed by atoms with Gasteiger partial charge in [-0.15, -0.1) is 0 Å². The van der Waals surface area contributed by atoms with Gasteiger partial charge in [-0.3, -0.25) is 0 Å². The van der Waals surface area contributed by atoms with Crippen LogP contribution in [0, 0.1) is 0 Å². The van der Waals surface area contributed by atoms with Gasteiger partial charge in [0.25, 0.3) is 0 Å². The topological polar surface area (TPSA) is 36.3 Å². The van der Waals surface area contributed by atoms with Gasteiger partial charge < -0.3 is 9.47 Å². The third kappa shape index (κ3) is 3.03. The Labute approximate surface area is 113 Å². The maximum absolute atomic E-state index is 5.81. The number of ether oxygens (including phenoxy) is 2. The lowest BCUT2D eigenvalue weighted by atomic mass is 10.2. The quantitative estimate of drug-likeness (QED) is 0.846. The molecule has 3 rings (SSSR count). The highest BCUT2D eigenvalue weighted by Crippen LogP contribution is 2.17. The molecule has 0 amide bonds. The Hall–Kier alpha value is -1.65. The van der Waals surface area contributed by atoms with Gasteiger partial charge in [0.15, 0.2) is 6.29 Å². The average Bonchev–Trinajstić information content (AvgIpc) is 2.95. The van der Waals surface area contributed by atoms with Gasteiger partial charge in [-0.05, 0) is 37.5 Å². The minimum Gasteiger partial charge on any atom is -0.353 e. The summed E-state index contributed by atoms with van der Waals surface area (Å²) >= 11 is 0. The highest BCUT2D eigenvalue weighted by molar-refractivity contribution is 5.32. The fraction of sp³-hybridized carbons (Fsp3) is 0.400. The van der Waals surface area contributed by atoms with E-state index in [9.17, 15) is 0 Å². The molecule has 1 saturated heterocycles. The molecule has 1 unspecified atom stereocenters. The molecule has 4 heteroatoms. The molecule has 100 valence electrons. The van der Waals surface area contributed by atoms with Gasteiger partial charge >= 0.3 is 0 Å². The Bertz CT molecular complexity index is 504. The number of rotatable bonds is 4. The molecule has 0 N–H and O–H groups in total. The smallest absolute Gasteiger partial charge is 0.158 e. The van der Waals surface area contributed by atoms with Gasteiger partial charge in [0.05, 0.1) is 18.0 Å². The lowest BCUT2D eigenvalue weighted by molar-refractivity contribution is -0.169. The zero-order chi connectivity index (χ0) is 12.9. The third-order valence-corrected chi connectivity index (χ3v) is 3.28. The molecule has 0 radical (unpaired) electrons. The van der Waals surface area contributed by atoms with Gasteiger partial charge in [-0.2, -0.15) is 5.10 Å². The SMILES string of the molecule is c1ccc(-n2nccc2COC2CCCCO2)cc1. The molecule has 1 aromatic heterocycles. The first-order valence-electron chi connectivity index (χ1n) is 6.75. The van der Waals surface area contributed by atoms with Gasteiger partial charge in [0, 0.05) is 12.8 Å². The summed E-state index contributed by atoms with van der Waals surface area (Å²) in [6, 6.07) is 12.1. The van der Waals surface area contributed by atoms with Gasteiger partial charge in [-0.25, -0.2) is 4.68 Å². The van der Waals surface area contributed by atoms with Crippen molar-refractivity contribution in [3.8, 4) is 5.69 Å². The summed E-state index contributed by atoms with van der Waals surface area (Å²) in [7, 11) is 0. The maximum Gasteiger partial charge on any atom is 0.158 e. The van der Waals surface area contributed by atoms with Crippen LogP contribution in [0.5, 0.6) is 0 Å². The summed E-state index contributed by atoms with van der Waals surface area (Å²) in [5.74, 6) is 0. The van der Waals surface area contributed by atoms with Crippen molar-refractivity contribution in [2.24, 2.45) is 0 Å². The van der Waals surface area contributed by atoms with Gasteiger partial charge in [0.1, 0.15) is 0 Å². The molecule has 4 nitrogen and oxygen atoms in total. The molecular weight excluding hydrogens is 240 g/mol. The zero-order valence-electron chi connectivity index (χ0n) is 10.9. The fourth-order valence-electron chi connectivity index (χ4n) is 2.26. The second-order valence-corrected chi connectivity index (χ2v) is 4.68. The average molecular weight is 258 g/mol. The van der Waals surface area contributed by atoms with Gasteiger partial charge in [0.2, 0.25) is 0 Å². The molecule has 1 aliphatic rings. The Balaban J connectivity index is 1.67. The van der Waals surface area contributed by atoms with Crippen LogP contribution in [0.1, 0.15) is 25.0 Å². The fourth-order valence-corrected chi connectivity index (χ4v) is 2.26. The van der Waals surface area contributed by atoms with E-state index in [1.807, 2.05) is 41.1 Å². The molecule has 2 heterocycles.